The molecule has 0 bridgehead atoms. The van der Waals surface area contributed by atoms with Gasteiger partial charge in [0.1, 0.15) is 15.4 Å². The van der Waals surface area contributed by atoms with Crippen LogP contribution in [0, 0.1) is 22.5 Å². The summed E-state index contributed by atoms with van der Waals surface area (Å²) in [6.45, 7) is 2.58. The molecule has 1 aromatic rings. The van der Waals surface area contributed by atoms with Gasteiger partial charge in [0, 0.05) is 12.5 Å². The van der Waals surface area contributed by atoms with Crippen LogP contribution in [0.25, 0.3) is 0 Å². The van der Waals surface area contributed by atoms with Gasteiger partial charge in [0.25, 0.3) is 11.6 Å². The van der Waals surface area contributed by atoms with E-state index in [0.717, 1.165) is 0 Å². The summed E-state index contributed by atoms with van der Waals surface area (Å²) in [5.41, 5.74) is -0.682. The number of halogens is 2. The Labute approximate surface area is 142 Å². The minimum Gasteiger partial charge on any atom is -0.455 e. The Balaban J connectivity index is 1.99. The molecule has 0 aromatic heterocycles. The van der Waals surface area contributed by atoms with Crippen molar-refractivity contribution in [2.24, 2.45) is 5.41 Å². The molecule has 1 atom stereocenters. The third-order valence-corrected chi connectivity index (χ3v) is 4.86. The molecule has 124 valence electrons. The molecular weight excluding hydrogens is 347 g/mol. The molecule has 1 amide bonds. The monoisotopic (exact) mass is 360 g/mol. The lowest BCUT2D eigenvalue weighted by Gasteiger charge is -2.12. The Kier molecular flexibility index (Phi) is 4.54. The molecule has 1 aliphatic carbocycles. The molecule has 0 unspecified atom stereocenters. The molecule has 1 aromatic carbocycles. The molecule has 0 heterocycles. The highest BCUT2D eigenvalue weighted by Gasteiger charge is 2.69. The average molecular weight is 361 g/mol. The highest BCUT2D eigenvalue weighted by atomic mass is 35.5. The maximum atomic E-state index is 11.9. The molecule has 23 heavy (non-hydrogen) atoms. The van der Waals surface area contributed by atoms with Gasteiger partial charge in [0.05, 0.1) is 4.92 Å². The van der Waals surface area contributed by atoms with E-state index in [0.29, 0.717) is 5.56 Å². The van der Waals surface area contributed by atoms with Crippen LogP contribution in [0.4, 0.5) is 11.4 Å². The van der Waals surface area contributed by atoms with Crippen LogP contribution in [-0.2, 0) is 14.3 Å². The zero-order valence-electron chi connectivity index (χ0n) is 12.4. The standard InChI is InChI=1S/C14H14Cl2N2O5/c1-8-4-3-5-9(18(21)22)11(8)17-10(19)6-23-12(20)13(2)7-14(13,15)16/h3-5H,6-7H2,1-2H3,(H,17,19)/t13-/m1/s1. The third-order valence-electron chi connectivity index (χ3n) is 3.75. The van der Waals surface area contributed by atoms with Gasteiger partial charge in [-0.25, -0.2) is 0 Å². The van der Waals surface area contributed by atoms with Crippen LogP contribution < -0.4 is 5.32 Å². The quantitative estimate of drug-likeness (QED) is 0.376. The molecule has 0 aliphatic heterocycles. The maximum Gasteiger partial charge on any atom is 0.315 e. The second-order valence-electron chi connectivity index (χ2n) is 5.56. The van der Waals surface area contributed by atoms with Gasteiger partial charge in [-0.1, -0.05) is 12.1 Å². The van der Waals surface area contributed by atoms with E-state index in [1.807, 2.05) is 0 Å². The Bertz CT molecular complexity index is 692. The molecule has 1 aliphatic rings. The summed E-state index contributed by atoms with van der Waals surface area (Å²) in [6, 6.07) is 4.40. The van der Waals surface area contributed by atoms with E-state index in [9.17, 15) is 19.7 Å². The number of anilines is 1. The Hall–Kier alpha value is -1.86. The smallest absolute Gasteiger partial charge is 0.315 e. The molecule has 0 spiro atoms. The van der Waals surface area contributed by atoms with Crippen molar-refractivity contribution in [3.05, 3.63) is 33.9 Å². The van der Waals surface area contributed by atoms with Crippen LogP contribution in [0.1, 0.15) is 18.9 Å². The lowest BCUT2D eigenvalue weighted by atomic mass is 10.1. The van der Waals surface area contributed by atoms with E-state index < -0.39 is 33.2 Å². The second-order valence-corrected chi connectivity index (χ2v) is 7.05. The number of benzene rings is 1. The van der Waals surface area contributed by atoms with Gasteiger partial charge in [-0.2, -0.15) is 0 Å². The van der Waals surface area contributed by atoms with Crippen LogP contribution in [-0.4, -0.2) is 27.7 Å². The first-order valence-electron chi connectivity index (χ1n) is 6.67. The summed E-state index contributed by atoms with van der Waals surface area (Å²) in [5.74, 6) is -1.37. The number of carbonyl (C=O) groups is 2. The summed E-state index contributed by atoms with van der Waals surface area (Å²) >= 11 is 11.7. The van der Waals surface area contributed by atoms with Gasteiger partial charge >= 0.3 is 5.97 Å². The number of rotatable bonds is 5. The number of esters is 1. The molecule has 1 fully saturated rings. The normalized spacial score (nSPS) is 21.4. The summed E-state index contributed by atoms with van der Waals surface area (Å²) in [4.78, 5) is 34.1. The predicted octanol–water partition coefficient (Wildman–Crippen LogP) is 2.97. The minimum absolute atomic E-state index is 0.0696. The molecule has 1 saturated carbocycles. The van der Waals surface area contributed by atoms with Gasteiger partial charge < -0.3 is 10.1 Å². The number of carbonyl (C=O) groups excluding carboxylic acids is 2. The number of hydrogen-bond donors (Lipinski definition) is 1. The van der Waals surface area contributed by atoms with Crippen LogP contribution in [0.3, 0.4) is 0 Å². The Morgan fingerprint density at radius 3 is 2.57 bits per heavy atom. The van der Waals surface area contributed by atoms with Gasteiger partial charge in [-0.3, -0.25) is 19.7 Å². The van der Waals surface area contributed by atoms with Gasteiger partial charge in [-0.05, 0) is 19.4 Å². The number of aryl methyl sites for hydroxylation is 1. The number of alkyl halides is 2. The van der Waals surface area contributed by atoms with E-state index in [4.69, 9.17) is 27.9 Å². The van der Waals surface area contributed by atoms with E-state index in [1.54, 1.807) is 19.9 Å². The Morgan fingerprint density at radius 2 is 2.04 bits per heavy atom. The van der Waals surface area contributed by atoms with Crippen LogP contribution in [0.5, 0.6) is 0 Å². The molecule has 1 N–H and O–H groups in total. The van der Waals surface area contributed by atoms with Crippen molar-refractivity contribution >= 4 is 46.5 Å². The Morgan fingerprint density at radius 1 is 1.43 bits per heavy atom. The van der Waals surface area contributed by atoms with E-state index in [1.165, 1.54) is 12.1 Å². The number of nitro benzene ring substituents is 1. The average Bonchev–Trinajstić information content (AvgIpc) is 2.98. The minimum atomic E-state index is -1.19. The van der Waals surface area contributed by atoms with Crippen molar-refractivity contribution in [2.45, 2.75) is 24.6 Å². The fourth-order valence-electron chi connectivity index (χ4n) is 2.05. The number of ether oxygens (including phenoxy) is 1. The molecular formula is C14H14Cl2N2O5. The molecule has 7 nitrogen and oxygen atoms in total. The fourth-order valence-corrected chi connectivity index (χ4v) is 2.74. The topological polar surface area (TPSA) is 98.5 Å². The third kappa shape index (κ3) is 3.40. The molecule has 0 radical (unpaired) electrons. The van der Waals surface area contributed by atoms with Crippen molar-refractivity contribution in [3.8, 4) is 0 Å². The summed E-state index contributed by atoms with van der Waals surface area (Å²) < 4.78 is 3.70. The van der Waals surface area contributed by atoms with Crippen molar-refractivity contribution < 1.29 is 19.2 Å². The van der Waals surface area contributed by atoms with E-state index in [-0.39, 0.29) is 17.8 Å². The lowest BCUT2D eigenvalue weighted by Crippen LogP contribution is -2.27. The maximum absolute atomic E-state index is 11.9. The van der Waals surface area contributed by atoms with Crippen molar-refractivity contribution in [1.29, 1.82) is 0 Å². The highest BCUT2D eigenvalue weighted by molar-refractivity contribution is 6.53. The lowest BCUT2D eigenvalue weighted by molar-refractivity contribution is -0.384. The SMILES string of the molecule is Cc1cccc([N+](=O)[O-])c1NC(=O)COC(=O)[C@@]1(C)CC1(Cl)Cl. The van der Waals surface area contributed by atoms with E-state index in [2.05, 4.69) is 5.32 Å². The number of amides is 1. The summed E-state index contributed by atoms with van der Waals surface area (Å²) in [7, 11) is 0. The van der Waals surface area contributed by atoms with Crippen molar-refractivity contribution in [3.63, 3.8) is 0 Å². The number of hydrogen-bond acceptors (Lipinski definition) is 5. The predicted molar refractivity (Wildman–Crippen MR) is 84.6 cm³/mol. The zero-order chi connectivity index (χ0) is 17.4. The first-order chi connectivity index (χ1) is 10.6. The number of nitrogens with one attached hydrogen (secondary N) is 1. The van der Waals surface area contributed by atoms with Crippen LogP contribution >= 0.6 is 23.2 Å². The van der Waals surface area contributed by atoms with Crippen LogP contribution in [0.2, 0.25) is 0 Å². The van der Waals surface area contributed by atoms with E-state index >= 15 is 0 Å². The number of para-hydroxylation sites is 1. The highest BCUT2D eigenvalue weighted by Crippen LogP contribution is 2.64. The van der Waals surface area contributed by atoms with Crippen molar-refractivity contribution in [1.82, 2.24) is 0 Å². The molecule has 0 saturated heterocycles. The van der Waals surface area contributed by atoms with Gasteiger partial charge in [0.15, 0.2) is 6.61 Å². The van der Waals surface area contributed by atoms with Gasteiger partial charge in [0.2, 0.25) is 0 Å². The first kappa shape index (κ1) is 17.5. The van der Waals surface area contributed by atoms with Crippen molar-refractivity contribution in [2.75, 3.05) is 11.9 Å². The molecule has 2 rings (SSSR count). The number of nitro groups is 1. The van der Waals surface area contributed by atoms with Crippen LogP contribution in [0.15, 0.2) is 18.2 Å². The largest absolute Gasteiger partial charge is 0.455 e. The summed E-state index contributed by atoms with van der Waals surface area (Å²) in [6.07, 6.45) is 0.243. The zero-order valence-corrected chi connectivity index (χ0v) is 13.9. The summed E-state index contributed by atoms with van der Waals surface area (Å²) in [5, 5.41) is 13.4. The fraction of sp³-hybridized carbons (Fsp3) is 0.429. The van der Waals surface area contributed by atoms with Gasteiger partial charge in [-0.15, -0.1) is 23.2 Å². The second kappa shape index (κ2) is 5.98. The molecule has 9 heteroatoms. The first-order valence-corrected chi connectivity index (χ1v) is 7.43. The number of nitrogens with zero attached hydrogens (tertiary/aromatic N) is 1.